The molecule has 96 valence electrons. The third-order valence-corrected chi connectivity index (χ3v) is 3.68. The first-order valence-corrected chi connectivity index (χ1v) is 6.46. The quantitative estimate of drug-likeness (QED) is 0.885. The normalized spacial score (nSPS) is 24.3. The van der Waals surface area contributed by atoms with Gasteiger partial charge in [0.15, 0.2) is 11.5 Å². The van der Waals surface area contributed by atoms with Crippen LogP contribution in [0.25, 0.3) is 11.1 Å². The maximum atomic E-state index is 6.01. The van der Waals surface area contributed by atoms with Gasteiger partial charge in [0.05, 0.1) is 7.11 Å². The molecule has 18 heavy (non-hydrogen) atoms. The molecule has 1 aromatic heterocycles. The van der Waals surface area contributed by atoms with Gasteiger partial charge in [-0.15, -0.1) is 0 Å². The number of hydrogen-bond acceptors (Lipinski definition) is 4. The Bertz CT molecular complexity index is 550. The minimum absolute atomic E-state index is 0.285. The van der Waals surface area contributed by atoms with E-state index in [0.717, 1.165) is 48.4 Å². The predicted molar refractivity (Wildman–Crippen MR) is 69.7 cm³/mol. The van der Waals surface area contributed by atoms with E-state index >= 15 is 0 Å². The van der Waals surface area contributed by atoms with Gasteiger partial charge in [-0.05, 0) is 31.4 Å². The van der Waals surface area contributed by atoms with Gasteiger partial charge in [0, 0.05) is 18.0 Å². The smallest absolute Gasteiger partial charge is 0.198 e. The van der Waals surface area contributed by atoms with E-state index in [4.69, 9.17) is 14.9 Å². The van der Waals surface area contributed by atoms with Crippen molar-refractivity contribution in [3.05, 3.63) is 24.1 Å². The van der Waals surface area contributed by atoms with E-state index in [-0.39, 0.29) is 6.04 Å². The highest BCUT2D eigenvalue weighted by Gasteiger charge is 2.24. The average Bonchev–Trinajstić information content (AvgIpc) is 2.81. The molecule has 1 saturated carbocycles. The Morgan fingerprint density at radius 3 is 3.06 bits per heavy atom. The van der Waals surface area contributed by atoms with Crippen molar-refractivity contribution < 1.29 is 9.15 Å². The van der Waals surface area contributed by atoms with Gasteiger partial charge in [-0.1, -0.05) is 6.42 Å². The highest BCUT2D eigenvalue weighted by atomic mass is 16.5. The lowest BCUT2D eigenvalue weighted by atomic mass is 9.86. The average molecular weight is 246 g/mol. The van der Waals surface area contributed by atoms with Crippen LogP contribution in [-0.2, 0) is 0 Å². The third kappa shape index (κ3) is 2.08. The molecule has 2 aromatic rings. The lowest BCUT2D eigenvalue weighted by molar-refractivity contribution is 0.343. The van der Waals surface area contributed by atoms with Crippen LogP contribution in [0.3, 0.4) is 0 Å². The molecule has 1 aliphatic rings. The summed E-state index contributed by atoms with van der Waals surface area (Å²) in [6, 6.07) is 6.00. The third-order valence-electron chi connectivity index (χ3n) is 3.68. The van der Waals surface area contributed by atoms with E-state index in [1.54, 1.807) is 7.11 Å². The summed E-state index contributed by atoms with van der Waals surface area (Å²) in [6.07, 6.45) is 4.38. The molecular formula is C14H18N2O2. The number of aromatic nitrogens is 1. The molecule has 1 aromatic carbocycles. The zero-order chi connectivity index (χ0) is 12.5. The number of methoxy groups -OCH3 is 1. The van der Waals surface area contributed by atoms with Gasteiger partial charge in [0.1, 0.15) is 11.3 Å². The molecule has 2 atom stereocenters. The molecular weight excluding hydrogens is 228 g/mol. The standard InChI is InChI=1S/C14H18N2O2/c1-17-11-5-6-13-12(8-11)16-14(18-13)9-3-2-4-10(15)7-9/h5-6,8-10H,2-4,7,15H2,1H3. The van der Waals surface area contributed by atoms with Crippen molar-refractivity contribution in [2.45, 2.75) is 37.6 Å². The Morgan fingerprint density at radius 1 is 1.39 bits per heavy atom. The molecule has 0 amide bonds. The van der Waals surface area contributed by atoms with Crippen molar-refractivity contribution in [3.63, 3.8) is 0 Å². The fourth-order valence-electron chi connectivity index (χ4n) is 2.68. The van der Waals surface area contributed by atoms with Gasteiger partial charge in [0.2, 0.25) is 0 Å². The van der Waals surface area contributed by atoms with Crippen LogP contribution in [-0.4, -0.2) is 18.1 Å². The summed E-state index contributed by atoms with van der Waals surface area (Å²) in [4.78, 5) is 4.58. The summed E-state index contributed by atoms with van der Waals surface area (Å²) in [5.74, 6) is 2.00. The Balaban J connectivity index is 1.92. The van der Waals surface area contributed by atoms with Gasteiger partial charge in [-0.3, -0.25) is 0 Å². The first-order chi connectivity index (χ1) is 8.76. The monoisotopic (exact) mass is 246 g/mol. The van der Waals surface area contributed by atoms with Gasteiger partial charge < -0.3 is 14.9 Å². The largest absolute Gasteiger partial charge is 0.497 e. The molecule has 2 N–H and O–H groups in total. The molecule has 1 heterocycles. The number of oxazole rings is 1. The number of nitrogens with two attached hydrogens (primary N) is 1. The second-order valence-electron chi connectivity index (χ2n) is 5.01. The van der Waals surface area contributed by atoms with E-state index in [1.807, 2.05) is 18.2 Å². The summed E-state index contributed by atoms with van der Waals surface area (Å²) in [5.41, 5.74) is 7.70. The maximum absolute atomic E-state index is 6.01. The summed E-state index contributed by atoms with van der Waals surface area (Å²) in [6.45, 7) is 0. The van der Waals surface area contributed by atoms with Gasteiger partial charge in [-0.2, -0.15) is 0 Å². The predicted octanol–water partition coefficient (Wildman–Crippen LogP) is 2.82. The van der Waals surface area contributed by atoms with Crippen LogP contribution in [0.1, 0.15) is 37.5 Å². The van der Waals surface area contributed by atoms with E-state index in [1.165, 1.54) is 0 Å². The number of nitrogens with zero attached hydrogens (tertiary/aromatic N) is 1. The maximum Gasteiger partial charge on any atom is 0.198 e. The van der Waals surface area contributed by atoms with E-state index in [2.05, 4.69) is 4.98 Å². The number of fused-ring (bicyclic) bond motifs is 1. The number of rotatable bonds is 2. The van der Waals surface area contributed by atoms with Crippen LogP contribution in [0.2, 0.25) is 0 Å². The van der Waals surface area contributed by atoms with Crippen LogP contribution in [0.5, 0.6) is 5.75 Å². The molecule has 4 heteroatoms. The topological polar surface area (TPSA) is 61.3 Å². The SMILES string of the molecule is COc1ccc2oc(C3CCCC(N)C3)nc2c1. The van der Waals surface area contributed by atoms with Crippen LogP contribution >= 0.6 is 0 Å². The molecule has 2 unspecified atom stereocenters. The van der Waals surface area contributed by atoms with Crippen molar-refractivity contribution >= 4 is 11.1 Å². The first-order valence-electron chi connectivity index (χ1n) is 6.46. The van der Waals surface area contributed by atoms with Crippen LogP contribution in [0, 0.1) is 0 Å². The van der Waals surface area contributed by atoms with Gasteiger partial charge in [0.25, 0.3) is 0 Å². The van der Waals surface area contributed by atoms with Crippen LogP contribution < -0.4 is 10.5 Å². The Hall–Kier alpha value is -1.55. The molecule has 3 rings (SSSR count). The highest BCUT2D eigenvalue weighted by Crippen LogP contribution is 2.33. The summed E-state index contributed by atoms with van der Waals surface area (Å²) >= 11 is 0. The molecule has 1 aliphatic carbocycles. The summed E-state index contributed by atoms with van der Waals surface area (Å²) in [5, 5.41) is 0. The Kier molecular flexibility index (Phi) is 2.96. The fourth-order valence-corrected chi connectivity index (χ4v) is 2.68. The second-order valence-corrected chi connectivity index (χ2v) is 5.01. The molecule has 0 radical (unpaired) electrons. The van der Waals surface area contributed by atoms with Crippen molar-refractivity contribution in [2.75, 3.05) is 7.11 Å². The second kappa shape index (κ2) is 4.61. The van der Waals surface area contributed by atoms with E-state index in [0.29, 0.717) is 5.92 Å². The van der Waals surface area contributed by atoms with Gasteiger partial charge >= 0.3 is 0 Å². The molecule has 0 bridgehead atoms. The van der Waals surface area contributed by atoms with Crippen molar-refractivity contribution in [3.8, 4) is 5.75 Å². The van der Waals surface area contributed by atoms with E-state index < -0.39 is 0 Å². The Labute approximate surface area is 106 Å². The zero-order valence-corrected chi connectivity index (χ0v) is 10.6. The first kappa shape index (κ1) is 11.5. The molecule has 1 fully saturated rings. The van der Waals surface area contributed by atoms with Crippen molar-refractivity contribution in [1.82, 2.24) is 4.98 Å². The number of ether oxygens (including phenoxy) is 1. The van der Waals surface area contributed by atoms with Gasteiger partial charge in [-0.25, -0.2) is 4.98 Å². The highest BCUT2D eigenvalue weighted by molar-refractivity contribution is 5.74. The molecule has 0 spiro atoms. The Morgan fingerprint density at radius 2 is 2.28 bits per heavy atom. The van der Waals surface area contributed by atoms with Crippen molar-refractivity contribution in [1.29, 1.82) is 0 Å². The molecule has 0 aliphatic heterocycles. The summed E-state index contributed by atoms with van der Waals surface area (Å²) < 4.78 is 11.0. The van der Waals surface area contributed by atoms with Crippen LogP contribution in [0.4, 0.5) is 0 Å². The van der Waals surface area contributed by atoms with E-state index in [9.17, 15) is 0 Å². The molecule has 0 saturated heterocycles. The zero-order valence-electron chi connectivity index (χ0n) is 10.6. The minimum Gasteiger partial charge on any atom is -0.497 e. The summed E-state index contributed by atoms with van der Waals surface area (Å²) in [7, 11) is 1.66. The lowest BCUT2D eigenvalue weighted by Gasteiger charge is -2.23. The van der Waals surface area contributed by atoms with Crippen molar-refractivity contribution in [2.24, 2.45) is 5.73 Å². The lowest BCUT2D eigenvalue weighted by Crippen LogP contribution is -2.26. The number of benzene rings is 1. The number of hydrogen-bond donors (Lipinski definition) is 1. The minimum atomic E-state index is 0.285. The molecule has 4 nitrogen and oxygen atoms in total. The van der Waals surface area contributed by atoms with Crippen LogP contribution in [0.15, 0.2) is 22.6 Å². The fraction of sp³-hybridized carbons (Fsp3) is 0.500.